The van der Waals surface area contributed by atoms with Crippen LogP contribution in [0.5, 0.6) is 0 Å². The maximum Gasteiger partial charge on any atom is 0.253 e. The zero-order valence-electron chi connectivity index (χ0n) is 19.9. The van der Waals surface area contributed by atoms with Crippen molar-refractivity contribution < 1.29 is 14.4 Å². The van der Waals surface area contributed by atoms with E-state index < -0.39 is 0 Å². The smallest absolute Gasteiger partial charge is 0.253 e. The molecular formula is C27H32N4O3. The molecule has 1 unspecified atom stereocenters. The number of anilines is 3. The van der Waals surface area contributed by atoms with Crippen molar-refractivity contribution >= 4 is 34.8 Å². The van der Waals surface area contributed by atoms with Crippen molar-refractivity contribution in [1.82, 2.24) is 4.90 Å². The fourth-order valence-electron chi connectivity index (χ4n) is 5.29. The van der Waals surface area contributed by atoms with Crippen LogP contribution in [0.2, 0.25) is 0 Å². The number of benzene rings is 2. The molecule has 2 fully saturated rings. The van der Waals surface area contributed by atoms with E-state index in [-0.39, 0.29) is 30.3 Å². The summed E-state index contributed by atoms with van der Waals surface area (Å²) in [4.78, 5) is 45.0. The van der Waals surface area contributed by atoms with E-state index in [9.17, 15) is 14.4 Å². The Balaban J connectivity index is 1.40. The van der Waals surface area contributed by atoms with E-state index in [2.05, 4.69) is 24.1 Å². The van der Waals surface area contributed by atoms with Crippen LogP contribution < -0.4 is 15.1 Å². The number of hydrogen-bond donors (Lipinski definition) is 1. The van der Waals surface area contributed by atoms with Gasteiger partial charge in [0.25, 0.3) is 5.91 Å². The van der Waals surface area contributed by atoms with Gasteiger partial charge in [0.1, 0.15) is 12.6 Å². The second-order valence-corrected chi connectivity index (χ2v) is 9.80. The number of nitrogens with one attached hydrogen (secondary N) is 1. The third-order valence-corrected chi connectivity index (χ3v) is 7.18. The Labute approximate surface area is 200 Å². The molecule has 7 heteroatoms. The van der Waals surface area contributed by atoms with Crippen molar-refractivity contribution in [2.24, 2.45) is 0 Å². The molecule has 1 N–H and O–H groups in total. The van der Waals surface area contributed by atoms with Gasteiger partial charge >= 0.3 is 0 Å². The second kappa shape index (κ2) is 9.12. The second-order valence-electron chi connectivity index (χ2n) is 9.80. The fraction of sp³-hybridized carbons (Fsp3) is 0.444. The lowest BCUT2D eigenvalue weighted by Crippen LogP contribution is -2.52. The predicted molar refractivity (Wildman–Crippen MR) is 133 cm³/mol. The molecule has 7 nitrogen and oxygen atoms in total. The standard InChI is InChI=1S/C27H32N4O3/c1-18(2)19-7-10-21(11-8-19)28-25(32)17-31-24-16-20(26(33)29-13-3-4-14-29)9-12-22(24)30-15-5-6-23(30)27(31)34/h7-12,16,18,23H,3-6,13-15,17H2,1-2H3,(H,28,32). The van der Waals surface area contributed by atoms with Gasteiger partial charge in [0, 0.05) is 30.9 Å². The largest absolute Gasteiger partial charge is 0.358 e. The zero-order chi connectivity index (χ0) is 23.8. The van der Waals surface area contributed by atoms with Gasteiger partial charge in [0.2, 0.25) is 11.8 Å². The minimum Gasteiger partial charge on any atom is -0.358 e. The van der Waals surface area contributed by atoms with E-state index >= 15 is 0 Å². The Bertz CT molecular complexity index is 1110. The van der Waals surface area contributed by atoms with E-state index in [1.807, 2.05) is 41.3 Å². The molecule has 0 radical (unpaired) electrons. The third kappa shape index (κ3) is 4.15. The monoisotopic (exact) mass is 460 g/mol. The van der Waals surface area contributed by atoms with Gasteiger partial charge in [-0.1, -0.05) is 26.0 Å². The number of carbonyl (C=O) groups excluding carboxylic acids is 3. The Hall–Kier alpha value is -3.35. The van der Waals surface area contributed by atoms with E-state index in [1.165, 1.54) is 5.56 Å². The van der Waals surface area contributed by atoms with Gasteiger partial charge in [-0.25, -0.2) is 0 Å². The van der Waals surface area contributed by atoms with Gasteiger partial charge in [-0.3, -0.25) is 19.3 Å². The minimum absolute atomic E-state index is 0.00839. The van der Waals surface area contributed by atoms with Crippen LogP contribution in [0.25, 0.3) is 0 Å². The highest BCUT2D eigenvalue weighted by Gasteiger charge is 2.41. The molecule has 34 heavy (non-hydrogen) atoms. The van der Waals surface area contributed by atoms with Crippen molar-refractivity contribution in [2.45, 2.75) is 51.5 Å². The van der Waals surface area contributed by atoms with Gasteiger partial charge in [-0.05, 0) is 67.5 Å². The number of rotatable bonds is 5. The van der Waals surface area contributed by atoms with Crippen molar-refractivity contribution in [3.63, 3.8) is 0 Å². The molecule has 0 aromatic heterocycles. The molecule has 3 amide bonds. The van der Waals surface area contributed by atoms with Gasteiger partial charge < -0.3 is 15.1 Å². The molecule has 2 aromatic rings. The van der Waals surface area contributed by atoms with Crippen LogP contribution >= 0.6 is 0 Å². The van der Waals surface area contributed by atoms with Crippen LogP contribution in [-0.4, -0.2) is 54.8 Å². The summed E-state index contributed by atoms with van der Waals surface area (Å²) < 4.78 is 0. The highest BCUT2D eigenvalue weighted by atomic mass is 16.2. The van der Waals surface area contributed by atoms with Gasteiger partial charge in [-0.2, -0.15) is 0 Å². The Kier molecular flexibility index (Phi) is 6.02. The number of amides is 3. The predicted octanol–water partition coefficient (Wildman–Crippen LogP) is 4.00. The van der Waals surface area contributed by atoms with E-state index in [0.717, 1.165) is 51.0 Å². The summed E-state index contributed by atoms with van der Waals surface area (Å²) in [6.07, 6.45) is 3.76. The number of nitrogens with zero attached hydrogens (tertiary/aromatic N) is 3. The number of likely N-dealkylation sites (tertiary alicyclic amines) is 1. The van der Waals surface area contributed by atoms with E-state index in [0.29, 0.717) is 22.9 Å². The maximum absolute atomic E-state index is 13.4. The summed E-state index contributed by atoms with van der Waals surface area (Å²) in [7, 11) is 0. The van der Waals surface area contributed by atoms with Crippen LogP contribution in [0.15, 0.2) is 42.5 Å². The number of carbonyl (C=O) groups is 3. The van der Waals surface area contributed by atoms with Crippen molar-refractivity contribution in [3.05, 3.63) is 53.6 Å². The quantitative estimate of drug-likeness (QED) is 0.732. The molecule has 0 saturated carbocycles. The van der Waals surface area contributed by atoms with E-state index in [1.54, 1.807) is 11.0 Å². The van der Waals surface area contributed by atoms with Crippen LogP contribution in [-0.2, 0) is 9.59 Å². The average Bonchev–Trinajstić information content (AvgIpc) is 3.54. The Morgan fingerprint density at radius 3 is 2.41 bits per heavy atom. The molecule has 178 valence electrons. The number of hydrogen-bond acceptors (Lipinski definition) is 4. The molecular weight excluding hydrogens is 428 g/mol. The van der Waals surface area contributed by atoms with Crippen molar-refractivity contribution in [1.29, 1.82) is 0 Å². The third-order valence-electron chi connectivity index (χ3n) is 7.18. The molecule has 3 aliphatic heterocycles. The summed E-state index contributed by atoms with van der Waals surface area (Å²) in [6.45, 7) is 6.52. The lowest BCUT2D eigenvalue weighted by Gasteiger charge is -2.39. The molecule has 3 aliphatic rings. The van der Waals surface area contributed by atoms with Gasteiger partial charge in [-0.15, -0.1) is 0 Å². The molecule has 3 heterocycles. The summed E-state index contributed by atoms with van der Waals surface area (Å²) in [5.41, 5.74) is 4.06. The highest BCUT2D eigenvalue weighted by molar-refractivity contribution is 6.11. The van der Waals surface area contributed by atoms with Crippen LogP contribution in [0, 0.1) is 0 Å². The lowest BCUT2D eigenvalue weighted by atomic mass is 10.0. The normalized spacial score (nSPS) is 19.4. The molecule has 1 atom stereocenters. The maximum atomic E-state index is 13.4. The Morgan fingerprint density at radius 1 is 0.971 bits per heavy atom. The summed E-state index contributed by atoms with van der Waals surface area (Å²) >= 11 is 0. The molecule has 0 bridgehead atoms. The molecule has 2 aromatic carbocycles. The first-order valence-corrected chi connectivity index (χ1v) is 12.3. The summed E-state index contributed by atoms with van der Waals surface area (Å²) in [5.74, 6) is 0.0883. The van der Waals surface area contributed by atoms with Crippen molar-refractivity contribution in [2.75, 3.05) is 41.3 Å². The van der Waals surface area contributed by atoms with Crippen molar-refractivity contribution in [3.8, 4) is 0 Å². The minimum atomic E-state index is -0.251. The summed E-state index contributed by atoms with van der Waals surface area (Å²) in [6, 6.07) is 13.2. The lowest BCUT2D eigenvalue weighted by molar-refractivity contribution is -0.122. The van der Waals surface area contributed by atoms with Gasteiger partial charge in [0.05, 0.1) is 11.4 Å². The summed E-state index contributed by atoms with van der Waals surface area (Å²) in [5, 5.41) is 2.93. The first-order chi connectivity index (χ1) is 16.4. The highest BCUT2D eigenvalue weighted by Crippen LogP contribution is 2.40. The molecule has 0 spiro atoms. The first-order valence-electron chi connectivity index (χ1n) is 12.3. The van der Waals surface area contributed by atoms with E-state index in [4.69, 9.17) is 0 Å². The van der Waals surface area contributed by atoms with Crippen LogP contribution in [0.1, 0.15) is 61.4 Å². The van der Waals surface area contributed by atoms with Crippen LogP contribution in [0.4, 0.5) is 17.1 Å². The zero-order valence-corrected chi connectivity index (χ0v) is 19.9. The van der Waals surface area contributed by atoms with Gasteiger partial charge in [0.15, 0.2) is 0 Å². The molecule has 2 saturated heterocycles. The molecule has 0 aliphatic carbocycles. The Morgan fingerprint density at radius 2 is 1.71 bits per heavy atom. The average molecular weight is 461 g/mol. The van der Waals surface area contributed by atoms with Crippen LogP contribution in [0.3, 0.4) is 0 Å². The SMILES string of the molecule is CC(C)c1ccc(NC(=O)CN2C(=O)C3CCCN3c3ccc(C(=O)N4CCCC4)cc32)cc1. The topological polar surface area (TPSA) is 73.0 Å². The molecule has 5 rings (SSSR count). The number of fused-ring (bicyclic) bond motifs is 3. The fourth-order valence-corrected chi connectivity index (χ4v) is 5.29. The first kappa shape index (κ1) is 22.4.